The number of thiophene rings is 1. The first-order valence-electron chi connectivity index (χ1n) is 3.65. The maximum atomic E-state index is 10.5. The number of halogens is 1. The van der Waals surface area contributed by atoms with Crippen LogP contribution in [0.15, 0.2) is 22.7 Å². The van der Waals surface area contributed by atoms with E-state index in [1.165, 1.54) is 12.1 Å². The van der Waals surface area contributed by atoms with Crippen LogP contribution < -0.4 is 0 Å². The minimum absolute atomic E-state index is 0.0336. The van der Waals surface area contributed by atoms with Crippen molar-refractivity contribution in [3.8, 4) is 5.06 Å². The molecule has 0 aliphatic carbocycles. The average Bonchev–Trinajstić information content (AvgIpc) is 2.42. The Hall–Kier alpha value is -1.14. The normalized spacial score (nSPS) is 10.6. The Morgan fingerprint density at radius 3 is 2.86 bits per heavy atom. The van der Waals surface area contributed by atoms with E-state index >= 15 is 0 Å². The molecule has 1 aromatic heterocycles. The van der Waals surface area contributed by atoms with Crippen LogP contribution in [0.3, 0.4) is 0 Å². The Labute approximate surface area is 91.1 Å². The number of rotatable bonds is 1. The van der Waals surface area contributed by atoms with Gasteiger partial charge in [-0.25, -0.2) is 0 Å². The fourth-order valence-electron chi connectivity index (χ4n) is 1.15. The summed E-state index contributed by atoms with van der Waals surface area (Å²) in [6.07, 6.45) is 0. The van der Waals surface area contributed by atoms with E-state index in [0.717, 1.165) is 16.7 Å². The second-order valence-corrected chi connectivity index (χ2v) is 4.48. The van der Waals surface area contributed by atoms with Gasteiger partial charge in [0, 0.05) is 22.2 Å². The van der Waals surface area contributed by atoms with E-state index in [2.05, 4.69) is 15.9 Å². The molecule has 2 aromatic rings. The summed E-state index contributed by atoms with van der Waals surface area (Å²) in [5.74, 6) is 0. The lowest BCUT2D eigenvalue weighted by atomic mass is 10.2. The van der Waals surface area contributed by atoms with E-state index < -0.39 is 4.92 Å². The molecule has 72 valence electrons. The van der Waals surface area contributed by atoms with Crippen LogP contribution in [-0.4, -0.2) is 10.0 Å². The second kappa shape index (κ2) is 3.21. The van der Waals surface area contributed by atoms with Crippen LogP contribution in [0.1, 0.15) is 0 Å². The van der Waals surface area contributed by atoms with Crippen LogP contribution in [0, 0.1) is 10.1 Å². The van der Waals surface area contributed by atoms with Gasteiger partial charge in [-0.3, -0.25) is 10.1 Å². The summed E-state index contributed by atoms with van der Waals surface area (Å²) in [4.78, 5) is 10.0. The van der Waals surface area contributed by atoms with E-state index in [0.29, 0.717) is 9.17 Å². The first kappa shape index (κ1) is 9.42. The standard InChI is InChI=1S/C8H4BrNO3S/c9-7-5-2-1-4(10(12)13)3-6(5)14-8(7)11/h1-3,11H. The molecule has 0 unspecified atom stereocenters. The Kier molecular flexibility index (Phi) is 2.16. The lowest BCUT2D eigenvalue weighted by molar-refractivity contribution is -0.384. The molecule has 0 radical (unpaired) electrons. The second-order valence-electron chi connectivity index (χ2n) is 2.66. The van der Waals surface area contributed by atoms with Crippen molar-refractivity contribution in [3.63, 3.8) is 0 Å². The van der Waals surface area contributed by atoms with E-state index in [-0.39, 0.29) is 10.8 Å². The van der Waals surface area contributed by atoms with Gasteiger partial charge < -0.3 is 5.11 Å². The Bertz CT molecular complexity index is 523. The summed E-state index contributed by atoms with van der Waals surface area (Å²) in [5.41, 5.74) is 0.0336. The van der Waals surface area contributed by atoms with E-state index in [4.69, 9.17) is 0 Å². The molecular formula is C8H4BrNO3S. The third kappa shape index (κ3) is 1.36. The molecule has 0 atom stereocenters. The average molecular weight is 274 g/mol. The number of benzene rings is 1. The number of hydrogen-bond donors (Lipinski definition) is 1. The molecule has 1 heterocycles. The van der Waals surface area contributed by atoms with Gasteiger partial charge in [0.25, 0.3) is 5.69 Å². The molecular weight excluding hydrogens is 270 g/mol. The molecule has 0 saturated carbocycles. The van der Waals surface area contributed by atoms with Gasteiger partial charge in [0.2, 0.25) is 0 Å². The molecule has 0 amide bonds. The zero-order valence-corrected chi connectivity index (χ0v) is 9.13. The van der Waals surface area contributed by atoms with Crippen LogP contribution in [0.5, 0.6) is 5.06 Å². The van der Waals surface area contributed by atoms with Crippen molar-refractivity contribution in [3.05, 3.63) is 32.8 Å². The number of aromatic hydroxyl groups is 1. The van der Waals surface area contributed by atoms with Crippen LogP contribution in [0.2, 0.25) is 0 Å². The molecule has 1 N–H and O–H groups in total. The number of nitro groups is 1. The van der Waals surface area contributed by atoms with Crippen molar-refractivity contribution in [1.82, 2.24) is 0 Å². The van der Waals surface area contributed by atoms with Gasteiger partial charge in [0.15, 0.2) is 5.06 Å². The minimum Gasteiger partial charge on any atom is -0.499 e. The van der Waals surface area contributed by atoms with Crippen molar-refractivity contribution >= 4 is 43.0 Å². The molecule has 14 heavy (non-hydrogen) atoms. The number of hydrogen-bond acceptors (Lipinski definition) is 4. The van der Waals surface area contributed by atoms with Gasteiger partial charge in [-0.1, -0.05) is 11.3 Å². The van der Waals surface area contributed by atoms with Crippen LogP contribution in [-0.2, 0) is 0 Å². The highest BCUT2D eigenvalue weighted by atomic mass is 79.9. The Morgan fingerprint density at radius 1 is 1.50 bits per heavy atom. The molecule has 0 spiro atoms. The van der Waals surface area contributed by atoms with Gasteiger partial charge >= 0.3 is 0 Å². The number of nitrogens with zero attached hydrogens (tertiary/aromatic N) is 1. The maximum Gasteiger partial charge on any atom is 0.270 e. The minimum atomic E-state index is -0.454. The monoisotopic (exact) mass is 273 g/mol. The molecule has 0 bridgehead atoms. The first-order valence-corrected chi connectivity index (χ1v) is 5.26. The van der Waals surface area contributed by atoms with Crippen LogP contribution in [0.4, 0.5) is 5.69 Å². The van der Waals surface area contributed by atoms with Gasteiger partial charge in [-0.15, -0.1) is 0 Å². The van der Waals surface area contributed by atoms with Gasteiger partial charge in [0.1, 0.15) is 0 Å². The summed E-state index contributed by atoms with van der Waals surface area (Å²) < 4.78 is 1.29. The third-order valence-corrected chi connectivity index (χ3v) is 3.83. The molecule has 0 fully saturated rings. The SMILES string of the molecule is O=[N+]([O-])c1ccc2c(Br)c(O)sc2c1. The lowest BCUT2D eigenvalue weighted by Gasteiger charge is -1.91. The first-order chi connectivity index (χ1) is 6.59. The molecule has 0 aliphatic heterocycles. The van der Waals surface area contributed by atoms with Crippen molar-refractivity contribution in [2.24, 2.45) is 0 Å². The fraction of sp³-hybridized carbons (Fsp3) is 0. The molecule has 6 heteroatoms. The van der Waals surface area contributed by atoms with Crippen LogP contribution in [0.25, 0.3) is 10.1 Å². The number of nitro benzene ring substituents is 1. The Balaban J connectivity index is 2.73. The zero-order valence-electron chi connectivity index (χ0n) is 6.73. The highest BCUT2D eigenvalue weighted by molar-refractivity contribution is 9.10. The summed E-state index contributed by atoms with van der Waals surface area (Å²) in [6.45, 7) is 0. The van der Waals surface area contributed by atoms with Crippen molar-refractivity contribution in [1.29, 1.82) is 0 Å². The molecule has 2 rings (SSSR count). The molecule has 1 aromatic carbocycles. The fourth-order valence-corrected chi connectivity index (χ4v) is 2.74. The smallest absolute Gasteiger partial charge is 0.270 e. The van der Waals surface area contributed by atoms with Gasteiger partial charge in [-0.05, 0) is 22.0 Å². The van der Waals surface area contributed by atoms with E-state index in [9.17, 15) is 15.2 Å². The quantitative estimate of drug-likeness (QED) is 0.641. The summed E-state index contributed by atoms with van der Waals surface area (Å²) in [5, 5.41) is 20.8. The predicted molar refractivity (Wildman–Crippen MR) is 57.8 cm³/mol. The maximum absolute atomic E-state index is 10.5. The van der Waals surface area contributed by atoms with Crippen molar-refractivity contribution in [2.45, 2.75) is 0 Å². The molecule has 4 nitrogen and oxygen atoms in total. The summed E-state index contributed by atoms with van der Waals surface area (Å²) >= 11 is 4.32. The van der Waals surface area contributed by atoms with Crippen LogP contribution >= 0.6 is 27.3 Å². The predicted octanol–water partition coefficient (Wildman–Crippen LogP) is 3.28. The molecule has 0 aliphatic rings. The highest BCUT2D eigenvalue weighted by Crippen LogP contribution is 2.41. The van der Waals surface area contributed by atoms with Gasteiger partial charge in [-0.2, -0.15) is 0 Å². The third-order valence-electron chi connectivity index (χ3n) is 1.81. The Morgan fingerprint density at radius 2 is 2.21 bits per heavy atom. The van der Waals surface area contributed by atoms with Crippen molar-refractivity contribution in [2.75, 3.05) is 0 Å². The van der Waals surface area contributed by atoms with Crippen molar-refractivity contribution < 1.29 is 10.0 Å². The zero-order chi connectivity index (χ0) is 10.3. The number of fused-ring (bicyclic) bond motifs is 1. The topological polar surface area (TPSA) is 63.4 Å². The lowest BCUT2D eigenvalue weighted by Crippen LogP contribution is -1.85. The number of non-ortho nitro benzene ring substituents is 1. The molecule has 0 saturated heterocycles. The largest absolute Gasteiger partial charge is 0.499 e. The van der Waals surface area contributed by atoms with E-state index in [1.54, 1.807) is 6.07 Å². The summed E-state index contributed by atoms with van der Waals surface area (Å²) in [6, 6.07) is 4.48. The van der Waals surface area contributed by atoms with Gasteiger partial charge in [0.05, 0.1) is 9.40 Å². The highest BCUT2D eigenvalue weighted by Gasteiger charge is 2.12. The van der Waals surface area contributed by atoms with E-state index in [1.807, 2.05) is 0 Å². The summed E-state index contributed by atoms with van der Waals surface area (Å²) in [7, 11) is 0.